The van der Waals surface area contributed by atoms with E-state index in [0.29, 0.717) is 19.1 Å². The summed E-state index contributed by atoms with van der Waals surface area (Å²) in [6.45, 7) is 4.19. The topological polar surface area (TPSA) is 57.4 Å². The van der Waals surface area contributed by atoms with Gasteiger partial charge in [0.05, 0.1) is 18.8 Å². The van der Waals surface area contributed by atoms with Crippen LogP contribution in [-0.4, -0.2) is 30.0 Å². The zero-order chi connectivity index (χ0) is 13.8. The number of aromatic nitrogens is 2. The van der Waals surface area contributed by atoms with E-state index in [1.807, 2.05) is 24.3 Å². The molecule has 0 spiro atoms. The number of hydrogen-bond donors (Lipinski definition) is 0. The highest BCUT2D eigenvalue weighted by Gasteiger charge is 2.24. The Hall–Kier alpha value is -1.88. The molecule has 5 heteroatoms. The Morgan fingerprint density at radius 2 is 2.25 bits per heavy atom. The van der Waals surface area contributed by atoms with E-state index in [9.17, 15) is 0 Å². The standard InChI is InChI=1S/C15H18N2O3/c1-2-8-19-13-6-4-3-5-12(13)15-16-14(17-20-15)11-7-9-18-10-11/h3-6,11H,2,7-10H2,1H3/t11-/m0/s1. The Morgan fingerprint density at radius 3 is 3.05 bits per heavy atom. The maximum absolute atomic E-state index is 5.72. The highest BCUT2D eigenvalue weighted by molar-refractivity contribution is 5.62. The normalized spacial score (nSPS) is 18.4. The molecule has 0 bridgehead atoms. The molecule has 1 aromatic carbocycles. The van der Waals surface area contributed by atoms with Crippen LogP contribution < -0.4 is 4.74 Å². The predicted molar refractivity (Wildman–Crippen MR) is 73.7 cm³/mol. The second-order valence-electron chi connectivity index (χ2n) is 4.86. The van der Waals surface area contributed by atoms with Crippen LogP contribution in [0, 0.1) is 0 Å². The molecule has 1 atom stereocenters. The van der Waals surface area contributed by atoms with Crippen LogP contribution in [-0.2, 0) is 4.74 Å². The van der Waals surface area contributed by atoms with Crippen LogP contribution in [0.5, 0.6) is 5.75 Å². The summed E-state index contributed by atoms with van der Waals surface area (Å²) < 4.78 is 16.5. The van der Waals surface area contributed by atoms with Gasteiger partial charge in [-0.05, 0) is 25.0 Å². The van der Waals surface area contributed by atoms with Gasteiger partial charge in [-0.15, -0.1) is 0 Å². The monoisotopic (exact) mass is 274 g/mol. The van der Waals surface area contributed by atoms with E-state index in [-0.39, 0.29) is 5.92 Å². The number of ether oxygens (including phenoxy) is 2. The fourth-order valence-corrected chi connectivity index (χ4v) is 2.23. The lowest BCUT2D eigenvalue weighted by molar-refractivity contribution is 0.192. The molecule has 1 aromatic heterocycles. The van der Waals surface area contributed by atoms with Gasteiger partial charge in [-0.1, -0.05) is 24.2 Å². The Morgan fingerprint density at radius 1 is 1.35 bits per heavy atom. The van der Waals surface area contributed by atoms with E-state index in [4.69, 9.17) is 14.0 Å². The van der Waals surface area contributed by atoms with Crippen LogP contribution in [0.3, 0.4) is 0 Å². The second kappa shape index (κ2) is 6.05. The van der Waals surface area contributed by atoms with Crippen molar-refractivity contribution < 1.29 is 14.0 Å². The molecule has 2 aromatic rings. The van der Waals surface area contributed by atoms with Crippen LogP contribution in [0.1, 0.15) is 31.5 Å². The van der Waals surface area contributed by atoms with Gasteiger partial charge in [0.15, 0.2) is 5.82 Å². The highest BCUT2D eigenvalue weighted by atomic mass is 16.5. The van der Waals surface area contributed by atoms with Crippen LogP contribution in [0.25, 0.3) is 11.5 Å². The zero-order valence-electron chi connectivity index (χ0n) is 11.5. The predicted octanol–water partition coefficient (Wildman–Crippen LogP) is 3.03. The number of para-hydroxylation sites is 1. The fraction of sp³-hybridized carbons (Fsp3) is 0.467. The average molecular weight is 274 g/mol. The zero-order valence-corrected chi connectivity index (χ0v) is 11.5. The van der Waals surface area contributed by atoms with Crippen molar-refractivity contribution in [1.82, 2.24) is 10.1 Å². The lowest BCUT2D eigenvalue weighted by Gasteiger charge is -2.07. The molecular weight excluding hydrogens is 256 g/mol. The van der Waals surface area contributed by atoms with E-state index in [1.165, 1.54) is 0 Å². The molecule has 5 nitrogen and oxygen atoms in total. The average Bonchev–Trinajstić information content (AvgIpc) is 3.15. The lowest BCUT2D eigenvalue weighted by Crippen LogP contribution is -2.00. The minimum absolute atomic E-state index is 0.247. The number of hydrogen-bond acceptors (Lipinski definition) is 5. The SMILES string of the molecule is CCCOc1ccccc1-c1nc([C@H]2CCOC2)no1. The maximum atomic E-state index is 5.72. The number of rotatable bonds is 5. The summed E-state index contributed by atoms with van der Waals surface area (Å²) >= 11 is 0. The molecule has 20 heavy (non-hydrogen) atoms. The van der Waals surface area contributed by atoms with E-state index >= 15 is 0 Å². The van der Waals surface area contributed by atoms with Gasteiger partial charge >= 0.3 is 0 Å². The largest absolute Gasteiger partial charge is 0.493 e. The molecule has 1 fully saturated rings. The molecule has 0 amide bonds. The van der Waals surface area contributed by atoms with Crippen molar-refractivity contribution in [2.24, 2.45) is 0 Å². The van der Waals surface area contributed by atoms with Crippen LogP contribution >= 0.6 is 0 Å². The van der Waals surface area contributed by atoms with Crippen molar-refractivity contribution in [2.75, 3.05) is 19.8 Å². The van der Waals surface area contributed by atoms with Gasteiger partial charge < -0.3 is 14.0 Å². The van der Waals surface area contributed by atoms with E-state index in [2.05, 4.69) is 17.1 Å². The molecule has 1 saturated heterocycles. The molecule has 0 radical (unpaired) electrons. The van der Waals surface area contributed by atoms with Gasteiger partial charge in [-0.2, -0.15) is 4.98 Å². The van der Waals surface area contributed by atoms with Gasteiger partial charge in [0, 0.05) is 12.5 Å². The summed E-state index contributed by atoms with van der Waals surface area (Å²) in [5, 5.41) is 4.07. The van der Waals surface area contributed by atoms with Gasteiger partial charge in [0.1, 0.15) is 5.75 Å². The summed E-state index contributed by atoms with van der Waals surface area (Å²) in [5.74, 6) is 2.27. The Balaban J connectivity index is 1.85. The van der Waals surface area contributed by atoms with Gasteiger partial charge in [-0.25, -0.2) is 0 Å². The van der Waals surface area contributed by atoms with Crippen molar-refractivity contribution in [3.8, 4) is 17.2 Å². The number of nitrogens with zero attached hydrogens (tertiary/aromatic N) is 2. The van der Waals surface area contributed by atoms with E-state index < -0.39 is 0 Å². The fourth-order valence-electron chi connectivity index (χ4n) is 2.23. The third kappa shape index (κ3) is 2.67. The Bertz CT molecular complexity index is 562. The third-order valence-corrected chi connectivity index (χ3v) is 3.32. The van der Waals surface area contributed by atoms with Gasteiger partial charge in [0.2, 0.25) is 0 Å². The van der Waals surface area contributed by atoms with Crippen LogP contribution in [0.15, 0.2) is 28.8 Å². The van der Waals surface area contributed by atoms with Crippen LogP contribution in [0.2, 0.25) is 0 Å². The Kier molecular flexibility index (Phi) is 3.97. The molecule has 0 aliphatic carbocycles. The summed E-state index contributed by atoms with van der Waals surface area (Å²) in [7, 11) is 0. The summed E-state index contributed by atoms with van der Waals surface area (Å²) in [6.07, 6.45) is 1.91. The van der Waals surface area contributed by atoms with E-state index in [1.54, 1.807) is 0 Å². The first-order valence-electron chi connectivity index (χ1n) is 7.02. The maximum Gasteiger partial charge on any atom is 0.261 e. The minimum Gasteiger partial charge on any atom is -0.493 e. The molecule has 2 heterocycles. The van der Waals surface area contributed by atoms with Crippen molar-refractivity contribution in [3.63, 3.8) is 0 Å². The molecule has 3 rings (SSSR count). The molecule has 106 valence electrons. The molecule has 1 aliphatic rings. The summed E-state index contributed by atoms with van der Waals surface area (Å²) in [5.41, 5.74) is 0.846. The van der Waals surface area contributed by atoms with Crippen molar-refractivity contribution in [3.05, 3.63) is 30.1 Å². The van der Waals surface area contributed by atoms with Gasteiger partial charge in [-0.3, -0.25) is 0 Å². The third-order valence-electron chi connectivity index (χ3n) is 3.32. The van der Waals surface area contributed by atoms with Crippen molar-refractivity contribution >= 4 is 0 Å². The second-order valence-corrected chi connectivity index (χ2v) is 4.86. The van der Waals surface area contributed by atoms with Gasteiger partial charge in [0.25, 0.3) is 5.89 Å². The summed E-state index contributed by atoms with van der Waals surface area (Å²) in [4.78, 5) is 4.49. The van der Waals surface area contributed by atoms with Crippen molar-refractivity contribution in [2.45, 2.75) is 25.7 Å². The molecular formula is C15H18N2O3. The molecule has 1 aliphatic heterocycles. The Labute approximate surface area is 117 Å². The smallest absolute Gasteiger partial charge is 0.261 e. The van der Waals surface area contributed by atoms with Crippen molar-refractivity contribution in [1.29, 1.82) is 0 Å². The quantitative estimate of drug-likeness (QED) is 0.838. The minimum atomic E-state index is 0.247. The highest BCUT2D eigenvalue weighted by Crippen LogP contribution is 2.31. The van der Waals surface area contributed by atoms with E-state index in [0.717, 1.165) is 36.6 Å². The molecule has 0 N–H and O–H groups in total. The summed E-state index contributed by atoms with van der Waals surface area (Å²) in [6, 6.07) is 7.74. The van der Waals surface area contributed by atoms with Crippen LogP contribution in [0.4, 0.5) is 0 Å². The first-order chi connectivity index (χ1) is 9.88. The molecule has 0 saturated carbocycles. The first kappa shape index (κ1) is 13.1. The first-order valence-corrected chi connectivity index (χ1v) is 7.02. The lowest BCUT2D eigenvalue weighted by atomic mass is 10.1. The molecule has 0 unspecified atom stereocenters. The number of benzene rings is 1.